The summed E-state index contributed by atoms with van der Waals surface area (Å²) in [5.41, 5.74) is 6.52. The van der Waals surface area contributed by atoms with Crippen LogP contribution in [0.4, 0.5) is 5.95 Å². The van der Waals surface area contributed by atoms with Gasteiger partial charge in [0.25, 0.3) is 5.95 Å². The standard InChI is InChI=1S/C12H19N5O3.HI/c1-15-7-17(4-3-8(5-18)6-19)10-9(15)11(20)16(2)12(13)14-10;/h7-8,18-19H,3-6H2,1-2H3,(H-,13,14,20);1H. The van der Waals surface area contributed by atoms with Crippen molar-refractivity contribution in [2.75, 3.05) is 18.9 Å². The molecular weight excluding hydrogens is 389 g/mol. The molecule has 2 rings (SSSR count). The Labute approximate surface area is 138 Å². The summed E-state index contributed by atoms with van der Waals surface area (Å²) in [5, 5.41) is 18.2. The highest BCUT2D eigenvalue weighted by atomic mass is 127. The van der Waals surface area contributed by atoms with Crippen LogP contribution in [-0.2, 0) is 20.6 Å². The van der Waals surface area contributed by atoms with Crippen LogP contribution in [0.1, 0.15) is 6.42 Å². The van der Waals surface area contributed by atoms with Crippen LogP contribution < -0.4 is 39.8 Å². The normalized spacial score (nSPS) is 11.1. The number of aryl methyl sites for hydroxylation is 2. The molecule has 118 valence electrons. The number of rotatable bonds is 5. The fourth-order valence-electron chi connectivity index (χ4n) is 2.15. The number of nitrogen functional groups attached to an aromatic ring is 1. The molecule has 0 saturated heterocycles. The zero-order valence-electron chi connectivity index (χ0n) is 12.0. The highest BCUT2D eigenvalue weighted by molar-refractivity contribution is 5.67. The molecule has 0 unspecified atom stereocenters. The minimum absolute atomic E-state index is 0. The third kappa shape index (κ3) is 3.35. The second kappa shape index (κ2) is 7.18. The minimum atomic E-state index is -0.199. The van der Waals surface area contributed by atoms with E-state index < -0.39 is 0 Å². The van der Waals surface area contributed by atoms with Gasteiger partial charge in [0.1, 0.15) is 0 Å². The fourth-order valence-corrected chi connectivity index (χ4v) is 2.15. The predicted octanol–water partition coefficient (Wildman–Crippen LogP) is -4.86. The zero-order chi connectivity index (χ0) is 14.9. The number of fused-ring (bicyclic) bond motifs is 1. The van der Waals surface area contributed by atoms with Gasteiger partial charge in [-0.15, -0.1) is 0 Å². The van der Waals surface area contributed by atoms with E-state index in [2.05, 4.69) is 4.98 Å². The summed E-state index contributed by atoms with van der Waals surface area (Å²) < 4.78 is 4.82. The van der Waals surface area contributed by atoms with Gasteiger partial charge in [-0.3, -0.25) is 13.9 Å². The number of anilines is 1. The predicted molar refractivity (Wildman–Crippen MR) is 72.8 cm³/mol. The van der Waals surface area contributed by atoms with Crippen molar-refractivity contribution in [3.63, 3.8) is 0 Å². The minimum Gasteiger partial charge on any atom is -1.00 e. The summed E-state index contributed by atoms with van der Waals surface area (Å²) in [7, 11) is 3.35. The van der Waals surface area contributed by atoms with Crippen molar-refractivity contribution in [3.05, 3.63) is 16.7 Å². The number of hydrogen-bond acceptors (Lipinski definition) is 5. The number of aromatic nitrogens is 4. The molecule has 9 heteroatoms. The first-order valence-corrected chi connectivity index (χ1v) is 6.42. The maximum Gasteiger partial charge on any atom is 0.311 e. The second-order valence-electron chi connectivity index (χ2n) is 4.95. The molecule has 0 atom stereocenters. The quantitative estimate of drug-likeness (QED) is 0.339. The van der Waals surface area contributed by atoms with E-state index in [1.807, 2.05) is 4.57 Å². The molecular formula is C12H20IN5O3. The lowest BCUT2D eigenvalue weighted by Crippen LogP contribution is -3.00. The topological polar surface area (TPSA) is 110 Å². The van der Waals surface area contributed by atoms with Crippen LogP contribution in [0, 0.1) is 5.92 Å². The molecule has 2 aromatic heterocycles. The summed E-state index contributed by atoms with van der Waals surface area (Å²) in [4.78, 5) is 16.4. The number of imidazole rings is 1. The zero-order valence-corrected chi connectivity index (χ0v) is 14.2. The first kappa shape index (κ1) is 17.9. The van der Waals surface area contributed by atoms with Gasteiger partial charge in [0.15, 0.2) is 6.33 Å². The van der Waals surface area contributed by atoms with Crippen LogP contribution >= 0.6 is 0 Å². The Kier molecular flexibility index (Phi) is 6.10. The fraction of sp³-hybridized carbons (Fsp3) is 0.583. The molecule has 0 amide bonds. The first-order valence-electron chi connectivity index (χ1n) is 6.42. The Hall–Kier alpha value is -1.20. The summed E-state index contributed by atoms with van der Waals surface area (Å²) >= 11 is 0. The Morgan fingerprint density at radius 1 is 1.38 bits per heavy atom. The van der Waals surface area contributed by atoms with Crippen LogP contribution in [-0.4, -0.2) is 37.5 Å². The average molecular weight is 409 g/mol. The lowest BCUT2D eigenvalue weighted by atomic mass is 10.1. The lowest BCUT2D eigenvalue weighted by molar-refractivity contribution is -0.675. The maximum absolute atomic E-state index is 12.2. The maximum atomic E-state index is 12.2. The third-order valence-corrected chi connectivity index (χ3v) is 3.52. The number of halogens is 1. The lowest BCUT2D eigenvalue weighted by Gasteiger charge is -2.08. The molecule has 0 aliphatic carbocycles. The molecule has 0 spiro atoms. The van der Waals surface area contributed by atoms with E-state index in [1.165, 1.54) is 4.57 Å². The van der Waals surface area contributed by atoms with E-state index in [4.69, 9.17) is 15.9 Å². The summed E-state index contributed by atoms with van der Waals surface area (Å²) in [5.74, 6) is -0.0232. The Morgan fingerprint density at radius 3 is 2.57 bits per heavy atom. The highest BCUT2D eigenvalue weighted by Gasteiger charge is 2.21. The van der Waals surface area contributed by atoms with Crippen LogP contribution in [0.3, 0.4) is 0 Å². The van der Waals surface area contributed by atoms with E-state index >= 15 is 0 Å². The molecule has 4 N–H and O–H groups in total. The van der Waals surface area contributed by atoms with Gasteiger partial charge in [0.2, 0.25) is 5.52 Å². The molecule has 0 fully saturated rings. The Bertz CT molecular complexity index is 678. The molecule has 0 aromatic carbocycles. The molecule has 0 aliphatic rings. The van der Waals surface area contributed by atoms with Gasteiger partial charge in [-0.1, -0.05) is 4.98 Å². The number of nitrogens with zero attached hydrogens (tertiary/aromatic N) is 4. The third-order valence-electron chi connectivity index (χ3n) is 3.52. The van der Waals surface area contributed by atoms with Crippen molar-refractivity contribution in [2.24, 2.45) is 20.0 Å². The van der Waals surface area contributed by atoms with Crippen molar-refractivity contribution in [3.8, 4) is 0 Å². The first-order chi connectivity index (χ1) is 9.49. The van der Waals surface area contributed by atoms with E-state index in [0.29, 0.717) is 24.1 Å². The van der Waals surface area contributed by atoms with E-state index in [0.717, 1.165) is 0 Å². The van der Waals surface area contributed by atoms with E-state index in [1.54, 1.807) is 25.0 Å². The van der Waals surface area contributed by atoms with E-state index in [-0.39, 0.29) is 54.6 Å². The van der Waals surface area contributed by atoms with Crippen LogP contribution in [0.5, 0.6) is 0 Å². The molecule has 0 saturated carbocycles. The number of hydrogen-bond donors (Lipinski definition) is 3. The van der Waals surface area contributed by atoms with Crippen molar-refractivity contribution in [1.82, 2.24) is 14.1 Å². The van der Waals surface area contributed by atoms with Gasteiger partial charge >= 0.3 is 11.2 Å². The molecule has 2 aromatic rings. The summed E-state index contributed by atoms with van der Waals surface area (Å²) in [6.45, 7) is 0.404. The van der Waals surface area contributed by atoms with Gasteiger partial charge in [0, 0.05) is 26.2 Å². The van der Waals surface area contributed by atoms with Gasteiger partial charge < -0.3 is 39.9 Å². The summed E-state index contributed by atoms with van der Waals surface area (Å²) in [6, 6.07) is 0. The van der Waals surface area contributed by atoms with E-state index in [9.17, 15) is 4.79 Å². The molecule has 21 heavy (non-hydrogen) atoms. The molecule has 0 bridgehead atoms. The van der Waals surface area contributed by atoms with Crippen LogP contribution in [0.25, 0.3) is 11.2 Å². The summed E-state index contributed by atoms with van der Waals surface area (Å²) in [6.07, 6.45) is 2.36. The van der Waals surface area contributed by atoms with Crippen molar-refractivity contribution in [2.45, 2.75) is 13.0 Å². The Morgan fingerprint density at radius 2 is 2.00 bits per heavy atom. The monoisotopic (exact) mass is 409 g/mol. The highest BCUT2D eigenvalue weighted by Crippen LogP contribution is 2.06. The van der Waals surface area contributed by atoms with Gasteiger partial charge in [-0.05, 0) is 6.42 Å². The molecule has 0 radical (unpaired) electrons. The Balaban J connectivity index is 0.00000220. The van der Waals surface area contributed by atoms with Crippen LogP contribution in [0.15, 0.2) is 11.1 Å². The van der Waals surface area contributed by atoms with Crippen LogP contribution in [0.2, 0.25) is 0 Å². The molecule has 8 nitrogen and oxygen atoms in total. The van der Waals surface area contributed by atoms with Crippen molar-refractivity contribution < 1.29 is 38.8 Å². The van der Waals surface area contributed by atoms with Gasteiger partial charge in [0.05, 0.1) is 13.6 Å². The smallest absolute Gasteiger partial charge is 0.311 e. The molecule has 0 aliphatic heterocycles. The average Bonchev–Trinajstić information content (AvgIpc) is 2.74. The van der Waals surface area contributed by atoms with Crippen molar-refractivity contribution >= 4 is 17.1 Å². The number of aliphatic hydroxyl groups excluding tert-OH is 2. The van der Waals surface area contributed by atoms with Gasteiger partial charge in [-0.2, -0.15) is 0 Å². The number of aliphatic hydroxyl groups is 2. The second-order valence-corrected chi connectivity index (χ2v) is 4.95. The van der Waals surface area contributed by atoms with Crippen molar-refractivity contribution in [1.29, 1.82) is 0 Å². The largest absolute Gasteiger partial charge is 1.00 e. The molecule has 2 heterocycles. The van der Waals surface area contributed by atoms with Gasteiger partial charge in [-0.25, -0.2) is 4.57 Å². The number of nitrogens with two attached hydrogens (primary N) is 1. The SMILES string of the molecule is Cn1c(N)nc2c(c1=O)n(C)c[n+]2CCC(CO)CO.[I-].